The summed E-state index contributed by atoms with van der Waals surface area (Å²) in [5, 5.41) is 10.2. The first-order valence-electron chi connectivity index (χ1n) is 8.83. The molecule has 0 bridgehead atoms. The van der Waals surface area contributed by atoms with Gasteiger partial charge in [0.2, 0.25) is 0 Å². The van der Waals surface area contributed by atoms with Crippen LogP contribution in [-0.4, -0.2) is 30.3 Å². The van der Waals surface area contributed by atoms with E-state index in [0.29, 0.717) is 12.2 Å². The Morgan fingerprint density at radius 1 is 1.13 bits per heavy atom. The van der Waals surface area contributed by atoms with Crippen molar-refractivity contribution >= 4 is 17.2 Å². The Labute approximate surface area is 167 Å². The van der Waals surface area contributed by atoms with Crippen LogP contribution in [0.2, 0.25) is 0 Å². The third kappa shape index (κ3) is 3.08. The fourth-order valence-electron chi connectivity index (χ4n) is 3.09. The standard InChI is InChI=1S/C19H14F4N6O/c1-3-28-9(2)10(8-25-28)14-4-5-24-15-7-13(27-29(14)15)19(30)26-18-16(22)11(20)6-12(21)17(18)23/h4-8H,3H2,1-2H3,(H,26,30). The Kier molecular flexibility index (Phi) is 4.72. The Bertz CT molecular complexity index is 1270. The highest BCUT2D eigenvalue weighted by Gasteiger charge is 2.23. The average molecular weight is 418 g/mol. The third-order valence-electron chi connectivity index (χ3n) is 4.62. The van der Waals surface area contributed by atoms with Crippen molar-refractivity contribution in [3.8, 4) is 11.3 Å². The van der Waals surface area contributed by atoms with Crippen LogP contribution in [0.25, 0.3) is 16.9 Å². The van der Waals surface area contributed by atoms with E-state index in [2.05, 4.69) is 15.2 Å². The van der Waals surface area contributed by atoms with Gasteiger partial charge in [-0.1, -0.05) is 0 Å². The molecule has 0 spiro atoms. The van der Waals surface area contributed by atoms with Crippen molar-refractivity contribution < 1.29 is 22.4 Å². The lowest BCUT2D eigenvalue weighted by atomic mass is 10.2. The Morgan fingerprint density at radius 2 is 1.83 bits per heavy atom. The molecule has 0 radical (unpaired) electrons. The summed E-state index contributed by atoms with van der Waals surface area (Å²) in [6, 6.07) is 3.01. The maximum atomic E-state index is 13.8. The first-order chi connectivity index (χ1) is 14.3. The topological polar surface area (TPSA) is 77.1 Å². The highest BCUT2D eigenvalue weighted by atomic mass is 19.2. The molecule has 1 aromatic carbocycles. The van der Waals surface area contributed by atoms with Crippen LogP contribution in [0.15, 0.2) is 30.6 Å². The fourth-order valence-corrected chi connectivity index (χ4v) is 3.09. The second-order valence-electron chi connectivity index (χ2n) is 6.39. The van der Waals surface area contributed by atoms with Gasteiger partial charge in [-0.05, 0) is 19.9 Å². The van der Waals surface area contributed by atoms with Gasteiger partial charge in [-0.3, -0.25) is 9.48 Å². The molecule has 0 aliphatic heterocycles. The molecule has 154 valence electrons. The van der Waals surface area contributed by atoms with E-state index in [1.54, 1.807) is 16.9 Å². The van der Waals surface area contributed by atoms with Crippen molar-refractivity contribution in [1.82, 2.24) is 24.4 Å². The molecule has 0 atom stereocenters. The average Bonchev–Trinajstić information content (AvgIpc) is 3.32. The zero-order chi connectivity index (χ0) is 21.6. The van der Waals surface area contributed by atoms with E-state index < -0.39 is 34.9 Å². The predicted octanol–water partition coefficient (Wildman–Crippen LogP) is 3.73. The van der Waals surface area contributed by atoms with Crippen molar-refractivity contribution in [3.63, 3.8) is 0 Å². The van der Waals surface area contributed by atoms with Gasteiger partial charge in [-0.15, -0.1) is 0 Å². The summed E-state index contributed by atoms with van der Waals surface area (Å²) < 4.78 is 57.6. The third-order valence-corrected chi connectivity index (χ3v) is 4.62. The molecule has 0 unspecified atom stereocenters. The van der Waals surface area contributed by atoms with E-state index in [9.17, 15) is 22.4 Å². The lowest BCUT2D eigenvalue weighted by Gasteiger charge is -2.07. The second-order valence-corrected chi connectivity index (χ2v) is 6.39. The normalized spacial score (nSPS) is 11.3. The number of carbonyl (C=O) groups excluding carboxylic acids is 1. The zero-order valence-corrected chi connectivity index (χ0v) is 15.8. The number of rotatable bonds is 4. The molecule has 4 rings (SSSR count). The molecule has 1 amide bonds. The van der Waals surface area contributed by atoms with Crippen molar-refractivity contribution in [1.29, 1.82) is 0 Å². The van der Waals surface area contributed by atoms with Gasteiger partial charge < -0.3 is 5.32 Å². The molecule has 0 aliphatic rings. The smallest absolute Gasteiger partial charge is 0.276 e. The number of anilines is 1. The Balaban J connectivity index is 1.75. The van der Waals surface area contributed by atoms with Crippen LogP contribution in [0.5, 0.6) is 0 Å². The summed E-state index contributed by atoms with van der Waals surface area (Å²) in [6.07, 6.45) is 3.16. The summed E-state index contributed by atoms with van der Waals surface area (Å²) in [6.45, 7) is 4.48. The fraction of sp³-hybridized carbons (Fsp3) is 0.158. The SMILES string of the molecule is CCn1ncc(-c2ccnc3cc(C(=O)Nc4c(F)c(F)cc(F)c4F)nn23)c1C. The van der Waals surface area contributed by atoms with Crippen LogP contribution in [0, 0.1) is 30.2 Å². The molecule has 0 saturated carbocycles. The van der Waals surface area contributed by atoms with E-state index in [1.165, 1.54) is 16.8 Å². The van der Waals surface area contributed by atoms with Gasteiger partial charge in [0.25, 0.3) is 5.91 Å². The van der Waals surface area contributed by atoms with Gasteiger partial charge >= 0.3 is 0 Å². The number of halogens is 4. The van der Waals surface area contributed by atoms with Crippen molar-refractivity contribution in [2.45, 2.75) is 20.4 Å². The predicted molar refractivity (Wildman–Crippen MR) is 98.8 cm³/mol. The second kappa shape index (κ2) is 7.25. The number of nitrogens with one attached hydrogen (secondary N) is 1. The molecule has 30 heavy (non-hydrogen) atoms. The summed E-state index contributed by atoms with van der Waals surface area (Å²) in [5.41, 5.74) is 1.01. The van der Waals surface area contributed by atoms with Gasteiger partial charge in [0.15, 0.2) is 34.6 Å². The number of hydrogen-bond donors (Lipinski definition) is 1. The van der Waals surface area contributed by atoms with E-state index in [-0.39, 0.29) is 17.4 Å². The zero-order valence-electron chi connectivity index (χ0n) is 15.8. The Hall–Kier alpha value is -3.76. The minimum Gasteiger partial charge on any atom is -0.315 e. The summed E-state index contributed by atoms with van der Waals surface area (Å²) in [4.78, 5) is 16.6. The highest BCUT2D eigenvalue weighted by Crippen LogP contribution is 2.26. The van der Waals surface area contributed by atoms with Crippen LogP contribution in [0.1, 0.15) is 23.1 Å². The Morgan fingerprint density at radius 3 is 2.47 bits per heavy atom. The number of hydrogen-bond acceptors (Lipinski definition) is 4. The van der Waals surface area contributed by atoms with Crippen LogP contribution in [0.3, 0.4) is 0 Å². The molecule has 4 aromatic rings. The maximum Gasteiger partial charge on any atom is 0.276 e. The van der Waals surface area contributed by atoms with E-state index >= 15 is 0 Å². The van der Waals surface area contributed by atoms with E-state index in [4.69, 9.17) is 0 Å². The number of nitrogens with zero attached hydrogens (tertiary/aromatic N) is 5. The molecular weight excluding hydrogens is 404 g/mol. The lowest BCUT2D eigenvalue weighted by molar-refractivity contribution is 0.102. The number of aryl methyl sites for hydroxylation is 1. The summed E-state index contributed by atoms with van der Waals surface area (Å²) in [5.74, 6) is -7.76. The van der Waals surface area contributed by atoms with Crippen molar-refractivity contribution in [3.05, 3.63) is 65.2 Å². The molecule has 7 nitrogen and oxygen atoms in total. The van der Waals surface area contributed by atoms with Gasteiger partial charge in [0, 0.05) is 36.1 Å². The number of fused-ring (bicyclic) bond motifs is 1. The van der Waals surface area contributed by atoms with Gasteiger partial charge in [-0.25, -0.2) is 27.1 Å². The van der Waals surface area contributed by atoms with Crippen molar-refractivity contribution in [2.75, 3.05) is 5.32 Å². The number of carbonyl (C=O) groups is 1. The quantitative estimate of drug-likeness (QED) is 0.405. The van der Waals surface area contributed by atoms with E-state index in [1.807, 2.05) is 19.2 Å². The summed E-state index contributed by atoms with van der Waals surface area (Å²) in [7, 11) is 0. The van der Waals surface area contributed by atoms with Crippen molar-refractivity contribution in [2.24, 2.45) is 0 Å². The first-order valence-corrected chi connectivity index (χ1v) is 8.83. The lowest BCUT2D eigenvalue weighted by Crippen LogP contribution is -2.16. The number of aromatic nitrogens is 5. The number of amides is 1. The molecule has 1 N–H and O–H groups in total. The van der Waals surface area contributed by atoms with Crippen LogP contribution in [-0.2, 0) is 6.54 Å². The maximum absolute atomic E-state index is 13.8. The van der Waals surface area contributed by atoms with Gasteiger partial charge in [0.05, 0.1) is 11.9 Å². The van der Waals surface area contributed by atoms with Gasteiger partial charge in [-0.2, -0.15) is 10.2 Å². The minimum atomic E-state index is -1.72. The highest BCUT2D eigenvalue weighted by molar-refractivity contribution is 6.03. The largest absolute Gasteiger partial charge is 0.315 e. The minimum absolute atomic E-state index is 0.0558. The molecule has 0 saturated heterocycles. The summed E-state index contributed by atoms with van der Waals surface area (Å²) >= 11 is 0. The number of benzene rings is 1. The molecule has 3 aromatic heterocycles. The van der Waals surface area contributed by atoms with Crippen LogP contribution in [0.4, 0.5) is 23.2 Å². The molecule has 11 heteroatoms. The molecule has 0 fully saturated rings. The van der Waals surface area contributed by atoms with Crippen LogP contribution >= 0.6 is 0 Å². The molecule has 0 aliphatic carbocycles. The molecule has 3 heterocycles. The van der Waals surface area contributed by atoms with Gasteiger partial charge in [0.1, 0.15) is 5.69 Å². The van der Waals surface area contributed by atoms with E-state index in [0.717, 1.165) is 11.3 Å². The first kappa shape index (κ1) is 19.6. The molecular formula is C19H14F4N6O. The monoisotopic (exact) mass is 418 g/mol. The van der Waals surface area contributed by atoms with Crippen LogP contribution < -0.4 is 5.32 Å².